The summed E-state index contributed by atoms with van der Waals surface area (Å²) >= 11 is 0. The summed E-state index contributed by atoms with van der Waals surface area (Å²) in [6.07, 6.45) is -0.505. The molecule has 0 bridgehead atoms. The zero-order chi connectivity index (χ0) is 23.3. The summed E-state index contributed by atoms with van der Waals surface area (Å²) in [6.45, 7) is 2.06. The summed E-state index contributed by atoms with van der Waals surface area (Å²) in [6, 6.07) is 10.8. The van der Waals surface area contributed by atoms with Crippen molar-refractivity contribution in [2.24, 2.45) is 0 Å². The fourth-order valence-electron chi connectivity index (χ4n) is 2.90. The maximum atomic E-state index is 12.6. The first kappa shape index (κ1) is 22.7. The van der Waals surface area contributed by atoms with Crippen molar-refractivity contribution in [1.82, 2.24) is 9.55 Å². The molecule has 0 fully saturated rings. The van der Waals surface area contributed by atoms with E-state index in [1.165, 1.54) is 35.0 Å². The average molecular weight is 445 g/mol. The minimum atomic E-state index is -4.41. The van der Waals surface area contributed by atoms with Gasteiger partial charge in [0.25, 0.3) is 0 Å². The van der Waals surface area contributed by atoms with Crippen LogP contribution in [0.25, 0.3) is 6.08 Å². The summed E-state index contributed by atoms with van der Waals surface area (Å²) in [5.74, 6) is 0.544. The second-order valence-electron chi connectivity index (χ2n) is 6.76. The van der Waals surface area contributed by atoms with Gasteiger partial charge in [-0.25, -0.2) is 9.55 Å². The molecule has 0 aliphatic heterocycles. The molecule has 166 valence electrons. The topological polar surface area (TPSA) is 87.3 Å². The van der Waals surface area contributed by atoms with Crippen molar-refractivity contribution in [2.45, 2.75) is 19.6 Å². The third kappa shape index (κ3) is 5.60. The molecule has 10 heteroatoms. The van der Waals surface area contributed by atoms with Gasteiger partial charge < -0.3 is 14.9 Å². The van der Waals surface area contributed by atoms with Crippen LogP contribution in [0.4, 0.5) is 19.0 Å². The molecule has 0 radical (unpaired) electrons. The number of imidazole rings is 1. The fraction of sp³-hybridized carbons (Fsp3) is 0.182. The zero-order valence-electron chi connectivity index (χ0n) is 16.9. The Hall–Kier alpha value is -3.95. The van der Waals surface area contributed by atoms with Crippen molar-refractivity contribution >= 4 is 17.7 Å². The lowest BCUT2D eigenvalue weighted by atomic mass is 10.1. The number of ether oxygens (including phenoxy) is 1. The quantitative estimate of drug-likeness (QED) is 0.209. The Morgan fingerprint density at radius 3 is 2.41 bits per heavy atom. The lowest BCUT2D eigenvalue weighted by molar-refractivity contribution is -0.392. The van der Waals surface area contributed by atoms with E-state index in [9.17, 15) is 28.1 Å². The summed E-state index contributed by atoms with van der Waals surface area (Å²) < 4.78 is 44.8. The van der Waals surface area contributed by atoms with Crippen LogP contribution in [0.5, 0.6) is 5.75 Å². The van der Waals surface area contributed by atoms with E-state index in [-0.39, 0.29) is 24.8 Å². The van der Waals surface area contributed by atoms with Crippen LogP contribution in [0.2, 0.25) is 0 Å². The van der Waals surface area contributed by atoms with Crippen molar-refractivity contribution in [3.05, 3.63) is 93.4 Å². The molecule has 0 saturated carbocycles. The van der Waals surface area contributed by atoms with E-state index in [1.54, 1.807) is 31.2 Å². The Bertz CT molecular complexity index is 1130. The van der Waals surface area contributed by atoms with E-state index in [1.807, 2.05) is 0 Å². The molecule has 3 rings (SSSR count). The monoisotopic (exact) mass is 445 g/mol. The molecule has 32 heavy (non-hydrogen) atoms. The van der Waals surface area contributed by atoms with Crippen molar-refractivity contribution < 1.29 is 27.6 Å². The Kier molecular flexibility index (Phi) is 6.72. The number of carbonyl (C=O) groups is 1. The minimum absolute atomic E-state index is 0.119. The molecule has 0 atom stereocenters. The molecule has 1 aromatic heterocycles. The molecular formula is C22H18F3N3O4. The summed E-state index contributed by atoms with van der Waals surface area (Å²) in [5.41, 5.74) is 0.0890. The average Bonchev–Trinajstić information content (AvgIpc) is 3.13. The Morgan fingerprint density at radius 1 is 1.16 bits per heavy atom. The van der Waals surface area contributed by atoms with Gasteiger partial charge in [-0.3, -0.25) is 4.79 Å². The third-order valence-electron chi connectivity index (χ3n) is 4.61. The minimum Gasteiger partial charge on any atom is -0.489 e. The van der Waals surface area contributed by atoms with E-state index < -0.39 is 16.7 Å². The van der Waals surface area contributed by atoms with Crippen molar-refractivity contribution in [1.29, 1.82) is 0 Å². The van der Waals surface area contributed by atoms with Crippen molar-refractivity contribution in [2.75, 3.05) is 6.61 Å². The van der Waals surface area contributed by atoms with Gasteiger partial charge in [0.1, 0.15) is 25.1 Å². The molecule has 0 spiro atoms. The molecule has 0 aliphatic rings. The predicted octanol–water partition coefficient (Wildman–Crippen LogP) is 5.09. The number of rotatable bonds is 8. The molecule has 0 N–H and O–H groups in total. The highest BCUT2D eigenvalue weighted by Crippen LogP contribution is 2.29. The highest BCUT2D eigenvalue weighted by molar-refractivity contribution is 6.06. The van der Waals surface area contributed by atoms with Crippen molar-refractivity contribution in [3.63, 3.8) is 0 Å². The van der Waals surface area contributed by atoms with Gasteiger partial charge in [-0.05, 0) is 53.0 Å². The molecule has 1 heterocycles. The van der Waals surface area contributed by atoms with Gasteiger partial charge in [0, 0.05) is 12.5 Å². The Morgan fingerprint density at radius 2 is 1.81 bits per heavy atom. The van der Waals surface area contributed by atoms with Crippen LogP contribution in [0.15, 0.2) is 60.8 Å². The second kappa shape index (κ2) is 9.46. The fourth-order valence-corrected chi connectivity index (χ4v) is 2.90. The SMILES string of the molecule is Cc1ncc([N+](=O)[O-])n1CCOc1ccc(C(=O)/C=C/c2ccc(C(F)(F)F)cc2)cc1. The van der Waals surface area contributed by atoms with Crippen LogP contribution in [-0.2, 0) is 12.7 Å². The second-order valence-corrected chi connectivity index (χ2v) is 6.76. The first-order valence-corrected chi connectivity index (χ1v) is 9.44. The van der Waals surface area contributed by atoms with Gasteiger partial charge in [-0.1, -0.05) is 18.2 Å². The Labute approximate surface area is 180 Å². The lowest BCUT2D eigenvalue weighted by Gasteiger charge is -2.07. The maximum Gasteiger partial charge on any atom is 0.416 e. The molecule has 3 aromatic rings. The molecular weight excluding hydrogens is 427 g/mol. The molecule has 7 nitrogen and oxygen atoms in total. The number of halogens is 3. The standard InChI is InChI=1S/C22H18F3N3O4/c1-15-26-14-21(28(30)31)27(15)12-13-32-19-9-5-17(6-10-19)20(29)11-4-16-2-7-18(8-3-16)22(23,24)25/h2-11,14H,12-13H2,1H3/b11-4+. The van der Waals surface area contributed by atoms with Gasteiger partial charge in [0.15, 0.2) is 11.6 Å². The van der Waals surface area contributed by atoms with Crippen molar-refractivity contribution in [3.8, 4) is 5.75 Å². The van der Waals surface area contributed by atoms with Gasteiger partial charge in [0.05, 0.1) is 5.56 Å². The van der Waals surface area contributed by atoms with Crippen LogP contribution in [0.1, 0.15) is 27.3 Å². The van der Waals surface area contributed by atoms with Crippen LogP contribution >= 0.6 is 0 Å². The molecule has 0 saturated heterocycles. The van der Waals surface area contributed by atoms with Gasteiger partial charge in [-0.15, -0.1) is 0 Å². The van der Waals surface area contributed by atoms with Crippen LogP contribution in [0, 0.1) is 17.0 Å². The van der Waals surface area contributed by atoms with E-state index in [2.05, 4.69) is 4.98 Å². The van der Waals surface area contributed by atoms with E-state index in [0.717, 1.165) is 12.1 Å². The molecule has 0 aliphatic carbocycles. The molecule has 0 amide bonds. The van der Waals surface area contributed by atoms with Crippen LogP contribution < -0.4 is 4.74 Å². The normalized spacial score (nSPS) is 11.6. The largest absolute Gasteiger partial charge is 0.489 e. The van der Waals surface area contributed by atoms with E-state index in [0.29, 0.717) is 22.7 Å². The van der Waals surface area contributed by atoms with E-state index in [4.69, 9.17) is 4.74 Å². The number of hydrogen-bond donors (Lipinski definition) is 0. The van der Waals surface area contributed by atoms with Crippen LogP contribution in [-0.4, -0.2) is 26.9 Å². The first-order valence-electron chi connectivity index (χ1n) is 9.44. The summed E-state index contributed by atoms with van der Waals surface area (Å²) in [4.78, 5) is 26.7. The lowest BCUT2D eigenvalue weighted by Crippen LogP contribution is -2.11. The van der Waals surface area contributed by atoms with Gasteiger partial charge in [-0.2, -0.15) is 13.2 Å². The number of nitro groups is 1. The Balaban J connectivity index is 1.56. The van der Waals surface area contributed by atoms with Gasteiger partial charge >= 0.3 is 12.0 Å². The van der Waals surface area contributed by atoms with E-state index >= 15 is 0 Å². The number of aryl methyl sites for hydroxylation is 1. The highest BCUT2D eigenvalue weighted by atomic mass is 19.4. The third-order valence-corrected chi connectivity index (χ3v) is 4.61. The van der Waals surface area contributed by atoms with Gasteiger partial charge in [0.2, 0.25) is 0 Å². The number of aromatic nitrogens is 2. The van der Waals surface area contributed by atoms with Crippen LogP contribution in [0.3, 0.4) is 0 Å². The maximum absolute atomic E-state index is 12.6. The molecule has 2 aromatic carbocycles. The highest BCUT2D eigenvalue weighted by Gasteiger charge is 2.29. The predicted molar refractivity (Wildman–Crippen MR) is 110 cm³/mol. The summed E-state index contributed by atoms with van der Waals surface area (Å²) in [7, 11) is 0. The molecule has 0 unspecified atom stereocenters. The number of ketones is 1. The number of hydrogen-bond acceptors (Lipinski definition) is 5. The summed E-state index contributed by atoms with van der Waals surface area (Å²) in [5, 5.41) is 11.0. The number of nitrogens with zero attached hydrogens (tertiary/aromatic N) is 3. The first-order chi connectivity index (χ1) is 15.1. The number of carbonyl (C=O) groups excluding carboxylic acids is 1. The zero-order valence-corrected chi connectivity index (χ0v) is 16.9. The smallest absolute Gasteiger partial charge is 0.416 e. The number of alkyl halides is 3. The number of benzene rings is 2. The number of allylic oxidation sites excluding steroid dienone is 1.